The van der Waals surface area contributed by atoms with Gasteiger partial charge in [-0.2, -0.15) is 5.10 Å². The highest BCUT2D eigenvalue weighted by molar-refractivity contribution is 7.18. The van der Waals surface area contributed by atoms with Gasteiger partial charge in [-0.05, 0) is 48.1 Å². The molecule has 5 rings (SSSR count). The first-order valence-corrected chi connectivity index (χ1v) is 11.6. The number of anilines is 2. The minimum absolute atomic E-state index is 0.00582. The Balaban J connectivity index is 1.50. The van der Waals surface area contributed by atoms with Gasteiger partial charge in [-0.25, -0.2) is 10.4 Å². The fraction of sp³-hybridized carbons (Fsp3) is 0.240. The predicted molar refractivity (Wildman–Crippen MR) is 133 cm³/mol. The van der Waals surface area contributed by atoms with Crippen LogP contribution >= 0.6 is 11.3 Å². The van der Waals surface area contributed by atoms with Gasteiger partial charge in [-0.15, -0.1) is 11.3 Å². The molecule has 0 fully saturated rings. The molecule has 0 radical (unpaired) electrons. The van der Waals surface area contributed by atoms with E-state index in [-0.39, 0.29) is 5.56 Å². The molecule has 0 unspecified atom stereocenters. The van der Waals surface area contributed by atoms with Crippen LogP contribution < -0.4 is 15.9 Å². The summed E-state index contributed by atoms with van der Waals surface area (Å²) in [6.45, 7) is 0.447. The molecule has 0 saturated carbocycles. The molecule has 7 heteroatoms. The van der Waals surface area contributed by atoms with Crippen molar-refractivity contribution in [2.45, 2.75) is 25.8 Å². The van der Waals surface area contributed by atoms with Crippen LogP contribution in [0.5, 0.6) is 0 Å². The molecule has 0 saturated heterocycles. The van der Waals surface area contributed by atoms with Gasteiger partial charge in [0.05, 0.1) is 18.1 Å². The minimum Gasteiger partial charge on any atom is -0.378 e. The first-order valence-electron chi connectivity index (χ1n) is 10.8. The van der Waals surface area contributed by atoms with E-state index < -0.39 is 0 Å². The molecule has 0 amide bonds. The number of fused-ring (bicyclic) bond motifs is 3. The molecule has 32 heavy (non-hydrogen) atoms. The van der Waals surface area contributed by atoms with E-state index in [0.717, 1.165) is 46.3 Å². The quantitative estimate of drug-likeness (QED) is 0.352. The van der Waals surface area contributed by atoms with E-state index in [4.69, 9.17) is 4.98 Å². The molecule has 0 spiro atoms. The SMILES string of the molecule is CN(C)c1ccc(/C=N/Nc2nc3sc4c(c3c(=O)n2Cc2ccccc2)CCC4)cc1. The number of aryl methyl sites for hydroxylation is 2. The lowest BCUT2D eigenvalue weighted by Crippen LogP contribution is -2.24. The van der Waals surface area contributed by atoms with E-state index in [0.29, 0.717) is 12.5 Å². The third-order valence-electron chi connectivity index (χ3n) is 5.80. The zero-order chi connectivity index (χ0) is 22.1. The lowest BCUT2D eigenvalue weighted by atomic mass is 10.2. The smallest absolute Gasteiger partial charge is 0.264 e. The van der Waals surface area contributed by atoms with Gasteiger partial charge in [0.1, 0.15) is 4.83 Å². The molecule has 1 N–H and O–H groups in total. The fourth-order valence-electron chi connectivity index (χ4n) is 4.10. The normalized spacial score (nSPS) is 13.1. The van der Waals surface area contributed by atoms with Crippen molar-refractivity contribution in [3.8, 4) is 0 Å². The van der Waals surface area contributed by atoms with Gasteiger partial charge >= 0.3 is 0 Å². The number of aromatic nitrogens is 2. The Labute approximate surface area is 190 Å². The lowest BCUT2D eigenvalue weighted by molar-refractivity contribution is 0.755. The molecule has 1 aliphatic carbocycles. The van der Waals surface area contributed by atoms with Gasteiger partial charge in [-0.1, -0.05) is 42.5 Å². The number of rotatable bonds is 6. The number of benzene rings is 2. The Bertz CT molecular complexity index is 1340. The summed E-state index contributed by atoms with van der Waals surface area (Å²) in [5, 5.41) is 5.18. The summed E-state index contributed by atoms with van der Waals surface area (Å²) in [5.41, 5.74) is 7.38. The summed E-state index contributed by atoms with van der Waals surface area (Å²) in [5.74, 6) is 0.465. The summed E-state index contributed by atoms with van der Waals surface area (Å²) < 4.78 is 1.70. The van der Waals surface area contributed by atoms with Crippen LogP contribution in [-0.2, 0) is 19.4 Å². The zero-order valence-corrected chi connectivity index (χ0v) is 19.0. The number of hydrazone groups is 1. The largest absolute Gasteiger partial charge is 0.378 e. The van der Waals surface area contributed by atoms with Gasteiger partial charge in [-0.3, -0.25) is 9.36 Å². The molecule has 4 aromatic rings. The van der Waals surface area contributed by atoms with Crippen molar-refractivity contribution in [2.75, 3.05) is 24.4 Å². The zero-order valence-electron chi connectivity index (χ0n) is 18.2. The molecule has 2 aromatic heterocycles. The molecular formula is C25H25N5OS. The standard InChI is InChI=1S/C25H25N5OS/c1-29(2)19-13-11-17(12-14-19)15-26-28-25-27-23-22(20-9-6-10-21(20)32-23)24(31)30(25)16-18-7-4-3-5-8-18/h3-5,7-8,11-15H,6,9-10,16H2,1-2H3,(H,27,28)/b26-15+. The number of nitrogens with one attached hydrogen (secondary N) is 1. The van der Waals surface area contributed by atoms with Crippen molar-refractivity contribution >= 4 is 39.4 Å². The Morgan fingerprint density at radius 3 is 2.66 bits per heavy atom. The molecule has 1 aliphatic rings. The second-order valence-corrected chi connectivity index (χ2v) is 9.29. The van der Waals surface area contributed by atoms with E-state index in [1.54, 1.807) is 22.1 Å². The van der Waals surface area contributed by atoms with Crippen LogP contribution in [0.15, 0.2) is 64.5 Å². The maximum Gasteiger partial charge on any atom is 0.264 e. The van der Waals surface area contributed by atoms with Crippen LogP contribution in [0.25, 0.3) is 10.2 Å². The van der Waals surface area contributed by atoms with Gasteiger partial charge in [0.25, 0.3) is 5.56 Å². The van der Waals surface area contributed by atoms with E-state index in [1.165, 1.54) is 10.4 Å². The summed E-state index contributed by atoms with van der Waals surface area (Å²) in [6.07, 6.45) is 4.87. The molecule has 0 atom stereocenters. The average molecular weight is 444 g/mol. The monoisotopic (exact) mass is 443 g/mol. The van der Waals surface area contributed by atoms with Gasteiger partial charge in [0.15, 0.2) is 0 Å². The number of hydrogen-bond acceptors (Lipinski definition) is 6. The van der Waals surface area contributed by atoms with Crippen LogP contribution in [0, 0.1) is 0 Å². The molecule has 0 bridgehead atoms. The average Bonchev–Trinajstić information content (AvgIpc) is 3.38. The topological polar surface area (TPSA) is 62.5 Å². The summed E-state index contributed by atoms with van der Waals surface area (Å²) in [6, 6.07) is 18.1. The fourth-order valence-corrected chi connectivity index (χ4v) is 5.35. The van der Waals surface area contributed by atoms with Crippen LogP contribution in [-0.4, -0.2) is 29.9 Å². The highest BCUT2D eigenvalue weighted by Gasteiger charge is 2.23. The third kappa shape index (κ3) is 3.91. The summed E-state index contributed by atoms with van der Waals surface area (Å²) >= 11 is 1.64. The van der Waals surface area contributed by atoms with Crippen LogP contribution in [0.3, 0.4) is 0 Å². The van der Waals surface area contributed by atoms with Crippen molar-refractivity contribution in [1.29, 1.82) is 0 Å². The highest BCUT2D eigenvalue weighted by Crippen LogP contribution is 2.35. The summed E-state index contributed by atoms with van der Waals surface area (Å²) in [7, 11) is 4.03. The number of hydrogen-bond donors (Lipinski definition) is 1. The van der Waals surface area contributed by atoms with Crippen molar-refractivity contribution < 1.29 is 0 Å². The van der Waals surface area contributed by atoms with E-state index in [2.05, 4.69) is 15.4 Å². The first-order chi connectivity index (χ1) is 15.6. The number of thiophene rings is 1. The van der Waals surface area contributed by atoms with Gasteiger partial charge in [0, 0.05) is 24.7 Å². The van der Waals surface area contributed by atoms with Crippen LogP contribution in [0.2, 0.25) is 0 Å². The summed E-state index contributed by atoms with van der Waals surface area (Å²) in [4.78, 5) is 22.5. The molecule has 162 valence electrons. The van der Waals surface area contributed by atoms with Crippen molar-refractivity contribution in [1.82, 2.24) is 9.55 Å². The third-order valence-corrected chi connectivity index (χ3v) is 6.98. The first kappa shape index (κ1) is 20.5. The Kier molecular flexibility index (Phi) is 5.49. The van der Waals surface area contributed by atoms with Crippen molar-refractivity contribution in [3.63, 3.8) is 0 Å². The maximum atomic E-state index is 13.5. The Morgan fingerprint density at radius 2 is 1.91 bits per heavy atom. The van der Waals surface area contributed by atoms with Gasteiger partial charge in [0.2, 0.25) is 5.95 Å². The lowest BCUT2D eigenvalue weighted by Gasteiger charge is -2.12. The van der Waals surface area contributed by atoms with Crippen molar-refractivity contribution in [3.05, 3.63) is 86.5 Å². The minimum atomic E-state index is 0.00582. The molecule has 2 heterocycles. The van der Waals surface area contributed by atoms with Crippen LogP contribution in [0.1, 0.15) is 28.0 Å². The second kappa shape index (κ2) is 8.59. The molecule has 6 nitrogen and oxygen atoms in total. The molecular weight excluding hydrogens is 418 g/mol. The van der Waals surface area contributed by atoms with Crippen molar-refractivity contribution in [2.24, 2.45) is 5.10 Å². The van der Waals surface area contributed by atoms with Gasteiger partial charge < -0.3 is 4.90 Å². The Morgan fingerprint density at radius 1 is 1.12 bits per heavy atom. The maximum absolute atomic E-state index is 13.5. The Hall–Kier alpha value is -3.45. The van der Waals surface area contributed by atoms with Crippen LogP contribution in [0.4, 0.5) is 11.6 Å². The van der Waals surface area contributed by atoms with E-state index in [9.17, 15) is 4.79 Å². The molecule has 0 aliphatic heterocycles. The molecule has 2 aromatic carbocycles. The van der Waals surface area contributed by atoms with E-state index in [1.807, 2.05) is 68.7 Å². The highest BCUT2D eigenvalue weighted by atomic mass is 32.1. The predicted octanol–water partition coefficient (Wildman–Crippen LogP) is 4.51. The second-order valence-electron chi connectivity index (χ2n) is 8.21. The number of nitrogens with zero attached hydrogens (tertiary/aromatic N) is 4. The van der Waals surface area contributed by atoms with E-state index >= 15 is 0 Å².